The van der Waals surface area contributed by atoms with E-state index in [1.54, 1.807) is 41.5 Å². The molecule has 20 amide bonds. The van der Waals surface area contributed by atoms with E-state index in [0.29, 0.717) is 36.9 Å². The average molecular weight is 2110 g/mol. The Kier molecular flexibility index (Phi) is 46.4. The summed E-state index contributed by atoms with van der Waals surface area (Å²) in [4.78, 5) is 313. The SMILES string of the molecule is CC[C@H](C)[C@H](NC(=O)[C@H](CCCNC(=N)N)NC(=O)[C@@H]1CCCN1C(=O)[C@H](Cc1c[nH]cn1)NC(=O)[C@@H]1CCCN1C(=O)[C@@H]1CCCN1C(=O)[C@H](CCCNC(=N)N)NC(=O)[C@@H]1CCCN1C(=O)[C@H](CCC(N)=O)NC(=O)[C@@H]1CCCN1C(=O)[C@@H](NC(=O)[C@H](Cc1ccc(O)cc1)NC(=O)[C@@H](NC(=O)[C@@H]1CCCN1C(=O)[C@H](CCCNC(=N)N)NC(=O)[C@H](CC(N)=O)NC(=O)[C@H](CC(N)=O)NC(=O)CN)C(C)C)[C@@H](C)CC)C(=O)O. The Hall–Kier alpha value is -15.1. The fourth-order valence-corrected chi connectivity index (χ4v) is 19.4. The van der Waals surface area contributed by atoms with Gasteiger partial charge in [0.1, 0.15) is 108 Å². The quantitative estimate of drug-likeness (QED) is 0.0166. The van der Waals surface area contributed by atoms with E-state index in [2.05, 4.69) is 84.4 Å². The molecule has 6 aliphatic rings. The van der Waals surface area contributed by atoms with Gasteiger partial charge in [0.05, 0.1) is 31.4 Å². The molecule has 6 aliphatic heterocycles. The van der Waals surface area contributed by atoms with Crippen molar-refractivity contribution in [2.24, 2.45) is 57.9 Å². The first-order valence-corrected chi connectivity index (χ1v) is 51.1. The van der Waals surface area contributed by atoms with Crippen LogP contribution in [-0.2, 0) is 114 Å². The first-order valence-electron chi connectivity index (χ1n) is 51.1. The third-order valence-electron chi connectivity index (χ3n) is 27.8. The lowest BCUT2D eigenvalue weighted by Crippen LogP contribution is -2.62. The van der Waals surface area contributed by atoms with Crippen molar-refractivity contribution in [3.8, 4) is 5.75 Å². The molecule has 1 aromatic heterocycles. The van der Waals surface area contributed by atoms with E-state index in [4.69, 9.17) is 56.4 Å². The van der Waals surface area contributed by atoms with Crippen LogP contribution in [0.1, 0.15) is 207 Å². The van der Waals surface area contributed by atoms with Crippen LogP contribution >= 0.6 is 0 Å². The summed E-state index contributed by atoms with van der Waals surface area (Å²) in [6.45, 7) is 9.41. The number of H-pyrrole nitrogens is 1. The van der Waals surface area contributed by atoms with Gasteiger partial charge in [0.2, 0.25) is 118 Å². The maximum Gasteiger partial charge on any atom is 0.326 e. The van der Waals surface area contributed by atoms with Crippen LogP contribution in [0.25, 0.3) is 0 Å². The van der Waals surface area contributed by atoms with Gasteiger partial charge in [-0.1, -0.05) is 66.5 Å². The second-order valence-corrected chi connectivity index (χ2v) is 39.1. The minimum Gasteiger partial charge on any atom is -0.508 e. The molecule has 1 aromatic carbocycles. The molecule has 0 spiro atoms. The lowest BCUT2D eigenvalue weighted by atomic mass is 9.96. The van der Waals surface area contributed by atoms with Gasteiger partial charge in [-0.3, -0.25) is 112 Å². The van der Waals surface area contributed by atoms with Gasteiger partial charge in [-0.25, -0.2) is 9.78 Å². The number of guanidine groups is 3. The number of likely N-dealkylation sites (tertiary alicyclic amines) is 6. The van der Waals surface area contributed by atoms with Gasteiger partial charge in [0.15, 0.2) is 17.9 Å². The number of benzene rings is 1. The molecule has 2 aromatic rings. The topological polar surface area (TPSA) is 869 Å². The number of primary amides is 3. The Bertz CT molecular complexity index is 5170. The van der Waals surface area contributed by atoms with Crippen LogP contribution in [0.4, 0.5) is 0 Å². The molecule has 0 aliphatic carbocycles. The third kappa shape index (κ3) is 34.7. The van der Waals surface area contributed by atoms with Crippen molar-refractivity contribution >= 4 is 142 Å². The van der Waals surface area contributed by atoms with E-state index in [-0.39, 0.29) is 186 Å². The fourth-order valence-electron chi connectivity index (χ4n) is 19.4. The zero-order valence-corrected chi connectivity index (χ0v) is 85.6. The molecule has 0 radical (unpaired) electrons. The molecule has 6 saturated heterocycles. The van der Waals surface area contributed by atoms with E-state index in [0.717, 1.165) is 4.90 Å². The smallest absolute Gasteiger partial charge is 0.326 e. The molecule has 828 valence electrons. The lowest BCUT2D eigenvalue weighted by molar-refractivity contribution is -0.149. The van der Waals surface area contributed by atoms with E-state index >= 15 is 38.4 Å². The molecule has 0 bridgehead atoms. The van der Waals surface area contributed by atoms with E-state index in [1.807, 2.05) is 0 Å². The van der Waals surface area contributed by atoms with Gasteiger partial charge in [-0.05, 0) is 157 Å². The number of amides is 20. The molecule has 6 fully saturated rings. The lowest BCUT2D eigenvalue weighted by Gasteiger charge is -2.35. The minimum absolute atomic E-state index is 0.00704. The number of aromatic amines is 1. The van der Waals surface area contributed by atoms with Gasteiger partial charge in [-0.15, -0.1) is 0 Å². The Morgan fingerprint density at radius 3 is 1.17 bits per heavy atom. The number of nitrogens with two attached hydrogens (primary N) is 7. The standard InChI is InChI=1S/C95H150N32O23/c1-7-50(5)74(120-79(136)59(42-52-27-29-54(128)30-28-52)117-85(142)73(49(3)4)119-84(141)67-25-14-37-123(67)86(143)56(19-10-34-108-94(102)103)113-78(135)61(45-71(99)131)116-77(134)60(44-70(98)130)111-72(132)46-96)91(148)126-40-16-24-66(126)82(139)115-58(31-32-69(97)129)88(145)122-36-12-22-64(122)81(138)114-57(20-11-35-109-95(104)105)87(144)127-41-17-26-68(127)90(147)125-39-15-23-65(125)83(140)118-62(43-53-47-106-48-110-53)89(146)124-38-13-21-63(124)80(137)112-55(18-9-33-107-93(100)101)76(133)121-75(92(149)150)51(6)8-2/h27-30,47-51,55-68,73-75,128H,7-26,31-46,96H2,1-6H3,(H2,97,129)(H2,98,130)(H2,99,131)(H,106,110)(H,111,132)(H,112,137)(H,113,135)(H,114,138)(H,115,139)(H,116,134)(H,117,142)(H,118,140)(H,119,141)(H,120,136)(H,121,133)(H,149,150)(H4,100,101,107)(H4,102,103,108)(H4,104,105,109)/t50-,51-,55-,56-,57-,58-,59-,60-,61-,62-,63-,64-,65-,66-,67-,68-,73-,74-,75-/m0/s1. The van der Waals surface area contributed by atoms with Crippen molar-refractivity contribution in [1.29, 1.82) is 16.2 Å². The van der Waals surface area contributed by atoms with Gasteiger partial charge in [0, 0.05) is 84.4 Å². The zero-order valence-electron chi connectivity index (χ0n) is 85.6. The number of carbonyl (C=O) groups is 21. The number of hydrogen-bond acceptors (Lipinski definition) is 27. The largest absolute Gasteiger partial charge is 0.508 e. The normalized spacial score (nSPS) is 19.9. The van der Waals surface area contributed by atoms with E-state index < -0.39 is 289 Å². The average Bonchev–Trinajstić information content (AvgIpc) is 1.64. The van der Waals surface area contributed by atoms with Gasteiger partial charge < -0.3 is 159 Å². The van der Waals surface area contributed by atoms with Crippen LogP contribution in [0, 0.1) is 34.0 Å². The molecule has 150 heavy (non-hydrogen) atoms. The zero-order chi connectivity index (χ0) is 111. The molecule has 34 N–H and O–H groups in total. The van der Waals surface area contributed by atoms with Crippen molar-refractivity contribution in [1.82, 2.24) is 114 Å². The predicted octanol–water partition coefficient (Wildman–Crippen LogP) is -8.22. The fraction of sp³-hybridized carbons (Fsp3) is 0.653. The van der Waals surface area contributed by atoms with Crippen LogP contribution in [0.2, 0.25) is 0 Å². The molecule has 19 atom stereocenters. The van der Waals surface area contributed by atoms with Gasteiger partial charge in [0.25, 0.3) is 0 Å². The van der Waals surface area contributed by atoms with Crippen LogP contribution in [0.3, 0.4) is 0 Å². The Morgan fingerprint density at radius 1 is 0.393 bits per heavy atom. The van der Waals surface area contributed by atoms with Gasteiger partial charge in [-0.2, -0.15) is 0 Å². The number of carboxylic acid groups (broad SMARTS) is 1. The number of imidazole rings is 1. The van der Waals surface area contributed by atoms with E-state index in [9.17, 15) is 72.5 Å². The molecular weight excluding hydrogens is 1960 g/mol. The Labute approximate surface area is 867 Å². The molecule has 55 nitrogen and oxygen atoms in total. The van der Waals surface area contributed by atoms with Gasteiger partial charge >= 0.3 is 5.97 Å². The number of phenolic OH excluding ortho intramolecular Hbond substituents is 1. The second kappa shape index (κ2) is 58.0. The van der Waals surface area contributed by atoms with Crippen molar-refractivity contribution in [3.05, 3.63) is 48.0 Å². The highest BCUT2D eigenvalue weighted by Gasteiger charge is 2.50. The summed E-state index contributed by atoms with van der Waals surface area (Å²) in [7, 11) is 0. The monoisotopic (exact) mass is 2110 g/mol. The molecule has 0 unspecified atom stereocenters. The summed E-state index contributed by atoms with van der Waals surface area (Å²) in [5.74, 6) is -21.9. The number of rotatable bonds is 57. The first-order chi connectivity index (χ1) is 71.2. The summed E-state index contributed by atoms with van der Waals surface area (Å²) in [5, 5.41) is 80.2. The molecular formula is C95H150N32O23. The predicted molar refractivity (Wildman–Crippen MR) is 538 cm³/mol. The molecule has 7 heterocycles. The number of aromatic nitrogens is 2. The maximum absolute atomic E-state index is 15.4. The van der Waals surface area contributed by atoms with Crippen LogP contribution in [0.5, 0.6) is 5.75 Å². The first kappa shape index (κ1) is 120. The Balaban J connectivity index is 0.954. The van der Waals surface area contributed by atoms with Crippen molar-refractivity contribution in [2.45, 2.75) is 311 Å². The van der Waals surface area contributed by atoms with E-state index in [1.165, 1.54) is 61.3 Å². The highest BCUT2D eigenvalue weighted by molar-refractivity contribution is 6.03. The number of aromatic hydroxyl groups is 1. The number of aliphatic carboxylic acids is 1. The van der Waals surface area contributed by atoms with Crippen LogP contribution in [-0.4, -0.2) is 360 Å². The number of carbonyl (C=O) groups excluding carboxylic acids is 20. The number of carboxylic acids is 1. The van der Waals surface area contributed by atoms with Crippen molar-refractivity contribution in [3.63, 3.8) is 0 Å². The highest BCUT2D eigenvalue weighted by Crippen LogP contribution is 2.31. The van der Waals surface area contributed by atoms with Crippen molar-refractivity contribution < 1.29 is 111 Å². The highest BCUT2D eigenvalue weighted by atomic mass is 16.4. The van der Waals surface area contributed by atoms with Crippen LogP contribution < -0.4 is 115 Å². The number of nitrogens with one attached hydrogen (secondary N) is 18. The summed E-state index contributed by atoms with van der Waals surface area (Å²) in [5.41, 5.74) is 39.3. The third-order valence-corrected chi connectivity index (χ3v) is 27.8. The molecule has 8 rings (SSSR count). The van der Waals surface area contributed by atoms with Crippen LogP contribution in [0.15, 0.2) is 36.8 Å². The molecule has 0 saturated carbocycles. The number of nitrogens with zero attached hydrogens (tertiary/aromatic N) is 7. The number of hydrogen-bond donors (Lipinski definition) is 27. The summed E-state index contributed by atoms with van der Waals surface area (Å²) >= 11 is 0. The summed E-state index contributed by atoms with van der Waals surface area (Å²) in [6, 6.07) is -18.4. The Morgan fingerprint density at radius 2 is 0.747 bits per heavy atom. The maximum atomic E-state index is 15.4. The summed E-state index contributed by atoms with van der Waals surface area (Å²) in [6.07, 6.45) is 2.59. The number of phenols is 1. The summed E-state index contributed by atoms with van der Waals surface area (Å²) < 4.78 is 0. The molecule has 55 heteroatoms. The minimum atomic E-state index is -1.83. The van der Waals surface area contributed by atoms with Crippen molar-refractivity contribution in [2.75, 3.05) is 65.4 Å². The second-order valence-electron chi connectivity index (χ2n) is 39.1.